The lowest BCUT2D eigenvalue weighted by Crippen LogP contribution is -2.28. The summed E-state index contributed by atoms with van der Waals surface area (Å²) in [5.41, 5.74) is -0.567. The van der Waals surface area contributed by atoms with Gasteiger partial charge in [-0.1, -0.05) is 18.2 Å². The zero-order valence-electron chi connectivity index (χ0n) is 9.43. The van der Waals surface area contributed by atoms with Crippen LogP contribution in [0.4, 0.5) is 0 Å². The van der Waals surface area contributed by atoms with Gasteiger partial charge >= 0.3 is 0 Å². The second-order valence-corrected chi connectivity index (χ2v) is 5.94. The lowest BCUT2D eigenvalue weighted by molar-refractivity contribution is -0.115. The number of hydrogen-bond acceptors (Lipinski definition) is 2. The fourth-order valence-electron chi connectivity index (χ4n) is 1.24. The van der Waals surface area contributed by atoms with Crippen molar-refractivity contribution in [1.29, 1.82) is 0 Å². The van der Waals surface area contributed by atoms with E-state index < -0.39 is 5.41 Å². The number of ketones is 1. The summed E-state index contributed by atoms with van der Waals surface area (Å²) < 4.78 is 0. The van der Waals surface area contributed by atoms with Gasteiger partial charge in [0, 0.05) is 17.8 Å². The molecular weight excluding hydrogens is 206 g/mol. The molecule has 1 atom stereocenters. The van der Waals surface area contributed by atoms with Gasteiger partial charge in [0.15, 0.2) is 5.78 Å². The normalized spacial score (nSPS) is 27.2. The molecule has 0 aliphatic carbocycles. The third-order valence-electron chi connectivity index (χ3n) is 2.14. The molecule has 0 amide bonds. The van der Waals surface area contributed by atoms with E-state index in [2.05, 4.69) is 4.99 Å². The molecule has 15 heavy (non-hydrogen) atoms. The number of carbonyl (C=O) groups excluding carboxylic acids is 1. The molecule has 82 valence electrons. The molecule has 1 heterocycles. The molecule has 2 nitrogen and oxygen atoms in total. The van der Waals surface area contributed by atoms with Gasteiger partial charge in [-0.15, -0.1) is 0 Å². The Morgan fingerprint density at radius 3 is 2.87 bits per heavy atom. The molecule has 0 saturated carbocycles. The van der Waals surface area contributed by atoms with Crippen molar-refractivity contribution in [3.8, 4) is 0 Å². The summed E-state index contributed by atoms with van der Waals surface area (Å²) in [6.07, 6.45) is 14.3. The van der Waals surface area contributed by atoms with Gasteiger partial charge in [0.25, 0.3) is 0 Å². The average molecular weight is 223 g/mol. The zero-order chi connectivity index (χ0) is 11.3. The van der Waals surface area contributed by atoms with E-state index in [-0.39, 0.29) is 16.3 Å². The highest BCUT2D eigenvalue weighted by atomic mass is 32.2. The van der Waals surface area contributed by atoms with Crippen LogP contribution in [-0.4, -0.2) is 29.9 Å². The van der Waals surface area contributed by atoms with E-state index in [0.29, 0.717) is 0 Å². The quantitative estimate of drug-likeness (QED) is 0.522. The highest BCUT2D eigenvalue weighted by Crippen LogP contribution is 2.19. The minimum absolute atomic E-state index is 0.0286. The third-order valence-corrected chi connectivity index (χ3v) is 2.83. The Bertz CT molecular complexity index is 362. The van der Waals surface area contributed by atoms with Crippen LogP contribution in [0.5, 0.6) is 0 Å². The van der Waals surface area contributed by atoms with Crippen molar-refractivity contribution in [3.63, 3.8) is 0 Å². The Balaban J connectivity index is 2.98. The maximum Gasteiger partial charge on any atom is 0.176 e. The average Bonchev–Trinajstić information content (AvgIpc) is 2.10. The molecule has 0 spiro atoms. The van der Waals surface area contributed by atoms with Crippen LogP contribution >= 0.6 is 10.5 Å². The largest absolute Gasteiger partial charge is 0.293 e. The van der Waals surface area contributed by atoms with Gasteiger partial charge in [0.05, 0.1) is 5.41 Å². The monoisotopic (exact) mass is 223 g/mol. The maximum absolute atomic E-state index is 12.0. The summed E-state index contributed by atoms with van der Waals surface area (Å²) in [6.45, 7) is 1.90. The molecule has 0 aromatic heterocycles. The van der Waals surface area contributed by atoms with Crippen molar-refractivity contribution in [2.24, 2.45) is 10.4 Å². The topological polar surface area (TPSA) is 29.4 Å². The predicted octanol–water partition coefficient (Wildman–Crippen LogP) is 2.44. The second-order valence-electron chi connectivity index (χ2n) is 3.95. The van der Waals surface area contributed by atoms with Crippen LogP contribution in [0.1, 0.15) is 13.3 Å². The van der Waals surface area contributed by atoms with Crippen molar-refractivity contribution in [3.05, 3.63) is 24.4 Å². The SMILES string of the molecule is CS(C)=CC(=O)C1(C)C=CC/C=C\N=C1. The first-order valence-electron chi connectivity index (χ1n) is 4.87. The van der Waals surface area contributed by atoms with Crippen LogP contribution in [0, 0.1) is 5.41 Å². The summed E-state index contributed by atoms with van der Waals surface area (Å²) in [6, 6.07) is 0. The van der Waals surface area contributed by atoms with Crippen LogP contribution in [0.15, 0.2) is 29.4 Å². The van der Waals surface area contributed by atoms with Crippen LogP contribution in [0.2, 0.25) is 0 Å². The van der Waals surface area contributed by atoms with E-state index in [4.69, 9.17) is 0 Å². The Labute approximate surface area is 93.7 Å². The van der Waals surface area contributed by atoms with Crippen molar-refractivity contribution < 1.29 is 4.79 Å². The molecule has 3 heteroatoms. The minimum atomic E-state index is -0.567. The van der Waals surface area contributed by atoms with Crippen molar-refractivity contribution in [2.45, 2.75) is 13.3 Å². The van der Waals surface area contributed by atoms with Crippen LogP contribution < -0.4 is 0 Å². The number of carbonyl (C=O) groups is 1. The van der Waals surface area contributed by atoms with E-state index in [1.165, 1.54) is 0 Å². The molecule has 0 fully saturated rings. The Hall–Kier alpha value is -0.960. The maximum atomic E-state index is 12.0. The number of allylic oxidation sites excluding steroid dienone is 3. The minimum Gasteiger partial charge on any atom is -0.293 e. The molecule has 0 radical (unpaired) electrons. The highest BCUT2D eigenvalue weighted by molar-refractivity contribution is 8.14. The summed E-state index contributed by atoms with van der Waals surface area (Å²) >= 11 is 0. The fraction of sp³-hybridized carbons (Fsp3) is 0.417. The molecule has 0 saturated heterocycles. The first-order chi connectivity index (χ1) is 7.04. The van der Waals surface area contributed by atoms with E-state index in [9.17, 15) is 4.79 Å². The molecule has 0 aromatic carbocycles. The lowest BCUT2D eigenvalue weighted by Gasteiger charge is -2.18. The first kappa shape index (κ1) is 12.1. The smallest absolute Gasteiger partial charge is 0.176 e. The van der Waals surface area contributed by atoms with Gasteiger partial charge in [-0.3, -0.25) is 9.79 Å². The molecular formula is C12H17NOS. The Kier molecular flexibility index (Phi) is 4.21. The lowest BCUT2D eigenvalue weighted by atomic mass is 9.87. The number of Topliss-reactive ketones (excluding diaryl/α,β-unsaturated/α-hetero) is 1. The van der Waals surface area contributed by atoms with Crippen molar-refractivity contribution >= 4 is 27.8 Å². The van der Waals surface area contributed by atoms with Crippen molar-refractivity contribution in [2.75, 3.05) is 12.5 Å². The van der Waals surface area contributed by atoms with Crippen LogP contribution in [0.25, 0.3) is 0 Å². The van der Waals surface area contributed by atoms with E-state index in [1.54, 1.807) is 17.8 Å². The summed E-state index contributed by atoms with van der Waals surface area (Å²) in [5, 5.41) is 1.78. The molecule has 1 aliphatic rings. The summed E-state index contributed by atoms with van der Waals surface area (Å²) in [4.78, 5) is 16.1. The number of nitrogens with zero attached hydrogens (tertiary/aromatic N) is 1. The standard InChI is InChI=1S/C12H17NOS/c1-12(11(14)9-15(2)3)7-5-4-6-8-13-10-12/h5-10H,4H2,1-3H3/b7-5?,8-6-,13-10?. The third kappa shape index (κ3) is 3.59. The number of hydrogen-bond donors (Lipinski definition) is 0. The number of rotatable bonds is 2. The van der Waals surface area contributed by atoms with Gasteiger partial charge in [-0.25, -0.2) is 0 Å². The summed E-state index contributed by atoms with van der Waals surface area (Å²) in [7, 11) is 0.0286. The molecule has 0 N–H and O–H groups in total. The predicted molar refractivity (Wildman–Crippen MR) is 70.0 cm³/mol. The van der Waals surface area contributed by atoms with E-state index in [0.717, 1.165) is 6.42 Å². The van der Waals surface area contributed by atoms with Gasteiger partial charge in [0.1, 0.15) is 0 Å². The van der Waals surface area contributed by atoms with Gasteiger partial charge in [-0.05, 0) is 25.9 Å². The van der Waals surface area contributed by atoms with Crippen LogP contribution in [0.3, 0.4) is 0 Å². The van der Waals surface area contributed by atoms with Crippen molar-refractivity contribution in [1.82, 2.24) is 0 Å². The molecule has 0 aromatic rings. The van der Waals surface area contributed by atoms with E-state index >= 15 is 0 Å². The molecule has 1 rings (SSSR count). The number of aliphatic imine (C=N–C) groups is 1. The fourth-order valence-corrected chi connectivity index (χ4v) is 1.92. The Morgan fingerprint density at radius 2 is 2.20 bits per heavy atom. The summed E-state index contributed by atoms with van der Waals surface area (Å²) in [5.74, 6) is 0.131. The zero-order valence-corrected chi connectivity index (χ0v) is 10.3. The molecule has 1 unspecified atom stereocenters. The first-order valence-corrected chi connectivity index (χ1v) is 6.98. The second kappa shape index (κ2) is 5.21. The van der Waals surface area contributed by atoms with Gasteiger partial charge < -0.3 is 0 Å². The van der Waals surface area contributed by atoms with Crippen LogP contribution in [-0.2, 0) is 4.79 Å². The molecule has 0 bridgehead atoms. The van der Waals surface area contributed by atoms with Gasteiger partial charge in [-0.2, -0.15) is 10.5 Å². The molecule has 1 aliphatic heterocycles. The van der Waals surface area contributed by atoms with Gasteiger partial charge in [0.2, 0.25) is 0 Å². The Morgan fingerprint density at radius 1 is 1.47 bits per heavy atom. The highest BCUT2D eigenvalue weighted by Gasteiger charge is 2.26. The van der Waals surface area contributed by atoms with E-state index in [1.807, 2.05) is 37.7 Å².